The van der Waals surface area contributed by atoms with Crippen molar-refractivity contribution in [3.8, 4) is 5.75 Å². The molecule has 0 bridgehead atoms. The highest BCUT2D eigenvalue weighted by Crippen LogP contribution is 2.38. The monoisotopic (exact) mass is 454 g/mol. The first-order chi connectivity index (χ1) is 16.4. The van der Waals surface area contributed by atoms with Crippen molar-refractivity contribution < 1.29 is 19.5 Å². The number of primary amides is 2. The number of pyridine rings is 1. The second kappa shape index (κ2) is 9.17. The molecule has 0 saturated carbocycles. The zero-order chi connectivity index (χ0) is 24.2. The van der Waals surface area contributed by atoms with E-state index in [2.05, 4.69) is 20.5 Å². The first kappa shape index (κ1) is 22.1. The van der Waals surface area contributed by atoms with Crippen LogP contribution in [0.5, 0.6) is 5.75 Å². The van der Waals surface area contributed by atoms with Gasteiger partial charge in [-0.1, -0.05) is 36.4 Å². The van der Waals surface area contributed by atoms with Crippen molar-refractivity contribution in [1.29, 1.82) is 0 Å². The van der Waals surface area contributed by atoms with E-state index >= 15 is 0 Å². The van der Waals surface area contributed by atoms with E-state index < -0.39 is 23.5 Å². The molecule has 0 atom stereocenters. The van der Waals surface area contributed by atoms with Gasteiger partial charge in [0.15, 0.2) is 11.6 Å². The van der Waals surface area contributed by atoms with Crippen LogP contribution in [0.15, 0.2) is 83.2 Å². The Kier molecular flexibility index (Phi) is 5.95. The third kappa shape index (κ3) is 4.28. The van der Waals surface area contributed by atoms with Gasteiger partial charge in [0, 0.05) is 6.20 Å². The molecule has 0 aliphatic carbocycles. The maximum atomic E-state index is 13.2. The van der Waals surface area contributed by atoms with Gasteiger partial charge in [0.05, 0.1) is 22.4 Å². The number of azo groups is 1. The molecule has 4 aromatic rings. The second-order valence-corrected chi connectivity index (χ2v) is 7.14. The van der Waals surface area contributed by atoms with Crippen LogP contribution in [0.25, 0.3) is 10.8 Å². The summed E-state index contributed by atoms with van der Waals surface area (Å²) in [6.45, 7) is 0. The molecule has 3 amide bonds. The van der Waals surface area contributed by atoms with Gasteiger partial charge >= 0.3 is 0 Å². The Labute approximate surface area is 192 Å². The lowest BCUT2D eigenvalue weighted by molar-refractivity contribution is 0.0991. The highest BCUT2D eigenvalue weighted by atomic mass is 16.3. The molecule has 0 aliphatic rings. The topological polar surface area (TPSA) is 173 Å². The molecule has 0 radical (unpaired) electrons. The Morgan fingerprint density at radius 3 is 2.29 bits per heavy atom. The van der Waals surface area contributed by atoms with E-state index in [1.54, 1.807) is 36.4 Å². The van der Waals surface area contributed by atoms with Crippen molar-refractivity contribution >= 4 is 45.7 Å². The minimum Gasteiger partial charge on any atom is -0.505 e. The number of aromatic hydroxyl groups is 1. The Bertz CT molecular complexity index is 1480. The fourth-order valence-corrected chi connectivity index (χ4v) is 3.39. The maximum absolute atomic E-state index is 13.2. The van der Waals surface area contributed by atoms with Crippen molar-refractivity contribution in [3.05, 3.63) is 89.6 Å². The summed E-state index contributed by atoms with van der Waals surface area (Å²) in [5, 5.41) is 22.6. The SMILES string of the molecule is NC(=O)c1ccccc1NC(=O)c1c(O)c(/N=N/c2ncccc2C(N)=O)cc2ccccc12. The van der Waals surface area contributed by atoms with Crippen LogP contribution in [0, 0.1) is 0 Å². The summed E-state index contributed by atoms with van der Waals surface area (Å²) in [7, 11) is 0. The van der Waals surface area contributed by atoms with E-state index in [-0.39, 0.29) is 33.9 Å². The van der Waals surface area contributed by atoms with E-state index in [1.807, 2.05) is 0 Å². The minimum absolute atomic E-state index is 0.0342. The molecule has 10 heteroatoms. The van der Waals surface area contributed by atoms with Crippen LogP contribution in [-0.2, 0) is 0 Å². The number of nitrogens with one attached hydrogen (secondary N) is 1. The van der Waals surface area contributed by atoms with E-state index in [9.17, 15) is 19.5 Å². The van der Waals surface area contributed by atoms with Crippen LogP contribution < -0.4 is 16.8 Å². The molecule has 34 heavy (non-hydrogen) atoms. The van der Waals surface area contributed by atoms with Crippen LogP contribution in [0.1, 0.15) is 31.1 Å². The number of amides is 3. The van der Waals surface area contributed by atoms with Crippen LogP contribution >= 0.6 is 0 Å². The molecular formula is C24H18N6O4. The summed E-state index contributed by atoms with van der Waals surface area (Å²) >= 11 is 0. The third-order valence-corrected chi connectivity index (χ3v) is 4.97. The van der Waals surface area contributed by atoms with Crippen LogP contribution in [0.4, 0.5) is 17.2 Å². The third-order valence-electron chi connectivity index (χ3n) is 4.97. The Morgan fingerprint density at radius 1 is 0.853 bits per heavy atom. The number of carbonyl (C=O) groups excluding carboxylic acids is 3. The number of carbonyl (C=O) groups is 3. The standard InChI is InChI=1S/C24H18N6O4/c25-21(32)15-8-3-4-10-17(15)28-24(34)19-14-7-2-1-6-13(14)12-18(20(19)31)29-30-23-16(22(26)33)9-5-11-27-23/h1-12,31H,(H2,25,32)(H2,26,33)(H,28,34)/b30-29+. The number of rotatable bonds is 6. The van der Waals surface area contributed by atoms with Gasteiger partial charge in [0.25, 0.3) is 17.7 Å². The average Bonchev–Trinajstić information content (AvgIpc) is 2.83. The molecule has 4 rings (SSSR count). The molecule has 3 aromatic carbocycles. The summed E-state index contributed by atoms with van der Waals surface area (Å²) in [5.41, 5.74) is 11.0. The van der Waals surface area contributed by atoms with E-state index in [4.69, 9.17) is 11.5 Å². The van der Waals surface area contributed by atoms with Crippen LogP contribution in [0.3, 0.4) is 0 Å². The number of hydrogen-bond acceptors (Lipinski definition) is 7. The van der Waals surface area contributed by atoms with Gasteiger partial charge in [-0.15, -0.1) is 10.2 Å². The van der Waals surface area contributed by atoms with E-state index in [0.717, 1.165) is 0 Å². The normalized spacial score (nSPS) is 10.9. The summed E-state index contributed by atoms with van der Waals surface area (Å²) in [6.07, 6.45) is 1.41. The fraction of sp³-hybridized carbons (Fsp3) is 0. The average molecular weight is 454 g/mol. The first-order valence-corrected chi connectivity index (χ1v) is 9.98. The molecular weight excluding hydrogens is 436 g/mol. The molecule has 0 spiro atoms. The second-order valence-electron chi connectivity index (χ2n) is 7.14. The Morgan fingerprint density at radius 2 is 1.53 bits per heavy atom. The van der Waals surface area contributed by atoms with Gasteiger partial charge in [-0.05, 0) is 41.1 Å². The van der Waals surface area contributed by atoms with Gasteiger partial charge in [-0.3, -0.25) is 14.4 Å². The number of hydrogen-bond donors (Lipinski definition) is 4. The molecule has 1 aromatic heterocycles. The number of nitrogens with zero attached hydrogens (tertiary/aromatic N) is 3. The molecule has 0 fully saturated rings. The lowest BCUT2D eigenvalue weighted by atomic mass is 10.0. The molecule has 168 valence electrons. The maximum Gasteiger partial charge on any atom is 0.260 e. The smallest absolute Gasteiger partial charge is 0.260 e. The highest BCUT2D eigenvalue weighted by molar-refractivity contribution is 6.17. The number of benzene rings is 3. The summed E-state index contributed by atoms with van der Waals surface area (Å²) < 4.78 is 0. The quantitative estimate of drug-likeness (QED) is 0.324. The van der Waals surface area contributed by atoms with Crippen molar-refractivity contribution in [1.82, 2.24) is 4.98 Å². The summed E-state index contributed by atoms with van der Waals surface area (Å²) in [5.74, 6) is -2.63. The fourth-order valence-electron chi connectivity index (χ4n) is 3.39. The number of fused-ring (bicyclic) bond motifs is 1. The Balaban J connectivity index is 1.81. The van der Waals surface area contributed by atoms with Gasteiger partial charge in [0.1, 0.15) is 5.69 Å². The number of phenols is 1. The number of nitrogens with two attached hydrogens (primary N) is 2. The number of aromatic nitrogens is 1. The molecule has 1 heterocycles. The number of para-hydroxylation sites is 1. The van der Waals surface area contributed by atoms with Crippen molar-refractivity contribution in [3.63, 3.8) is 0 Å². The number of anilines is 1. The van der Waals surface area contributed by atoms with Crippen molar-refractivity contribution in [2.45, 2.75) is 0 Å². The van der Waals surface area contributed by atoms with Gasteiger partial charge < -0.3 is 21.9 Å². The lowest BCUT2D eigenvalue weighted by Crippen LogP contribution is -2.18. The molecule has 0 unspecified atom stereocenters. The van der Waals surface area contributed by atoms with Crippen molar-refractivity contribution in [2.24, 2.45) is 21.7 Å². The highest BCUT2D eigenvalue weighted by Gasteiger charge is 2.21. The zero-order valence-corrected chi connectivity index (χ0v) is 17.6. The first-order valence-electron chi connectivity index (χ1n) is 9.98. The predicted octanol–water partition coefficient (Wildman–Crippen LogP) is 3.81. The Hall–Kier alpha value is -5.12. The molecule has 0 saturated heterocycles. The minimum atomic E-state index is -0.738. The zero-order valence-electron chi connectivity index (χ0n) is 17.6. The van der Waals surface area contributed by atoms with Gasteiger partial charge in [-0.2, -0.15) is 0 Å². The molecule has 0 aliphatic heterocycles. The molecule has 6 N–H and O–H groups in total. The van der Waals surface area contributed by atoms with E-state index in [1.165, 1.54) is 36.5 Å². The van der Waals surface area contributed by atoms with E-state index in [0.29, 0.717) is 10.8 Å². The predicted molar refractivity (Wildman–Crippen MR) is 125 cm³/mol. The van der Waals surface area contributed by atoms with Crippen molar-refractivity contribution in [2.75, 3.05) is 5.32 Å². The van der Waals surface area contributed by atoms with Crippen LogP contribution in [-0.4, -0.2) is 27.8 Å². The largest absolute Gasteiger partial charge is 0.505 e. The van der Waals surface area contributed by atoms with Gasteiger partial charge in [-0.25, -0.2) is 4.98 Å². The van der Waals surface area contributed by atoms with Crippen LogP contribution in [0.2, 0.25) is 0 Å². The summed E-state index contributed by atoms with van der Waals surface area (Å²) in [4.78, 5) is 40.5. The number of phenolic OH excluding ortho intramolecular Hbond substituents is 1. The van der Waals surface area contributed by atoms with Gasteiger partial charge in [0.2, 0.25) is 0 Å². The summed E-state index contributed by atoms with van der Waals surface area (Å²) in [6, 6.07) is 17.6. The lowest BCUT2D eigenvalue weighted by Gasteiger charge is -2.13. The molecule has 10 nitrogen and oxygen atoms in total.